The van der Waals surface area contributed by atoms with Crippen molar-refractivity contribution in [1.82, 2.24) is 14.8 Å². The van der Waals surface area contributed by atoms with Gasteiger partial charge in [-0.15, -0.1) is 10.2 Å². The van der Waals surface area contributed by atoms with E-state index in [1.807, 2.05) is 24.3 Å². The molecular formula is C15H18N4O2. The first-order chi connectivity index (χ1) is 10.3. The summed E-state index contributed by atoms with van der Waals surface area (Å²) < 4.78 is 14.0. The Bertz CT molecular complexity index is 655. The summed E-state index contributed by atoms with van der Waals surface area (Å²) in [7, 11) is 0. The van der Waals surface area contributed by atoms with E-state index in [1.54, 1.807) is 0 Å². The van der Waals surface area contributed by atoms with Crippen LogP contribution in [0.4, 0.5) is 0 Å². The third-order valence-electron chi connectivity index (χ3n) is 4.20. The zero-order valence-corrected chi connectivity index (χ0v) is 11.7. The maximum atomic E-state index is 6.03. The lowest BCUT2D eigenvalue weighted by atomic mass is 9.99. The molecule has 2 aliphatic rings. The van der Waals surface area contributed by atoms with E-state index in [1.165, 1.54) is 0 Å². The zero-order valence-electron chi connectivity index (χ0n) is 11.7. The van der Waals surface area contributed by atoms with Crippen LogP contribution in [0.25, 0.3) is 0 Å². The third-order valence-corrected chi connectivity index (χ3v) is 4.20. The van der Waals surface area contributed by atoms with Gasteiger partial charge in [0.05, 0.1) is 0 Å². The average molecular weight is 286 g/mol. The van der Waals surface area contributed by atoms with Gasteiger partial charge in [0.1, 0.15) is 12.4 Å². The quantitative estimate of drug-likeness (QED) is 0.901. The molecule has 0 aliphatic carbocycles. The molecule has 3 heterocycles. The molecule has 0 spiro atoms. The number of nitrogens with two attached hydrogens (primary N) is 1. The maximum Gasteiger partial charge on any atom is 0.192 e. The molecule has 2 unspecified atom stereocenters. The molecule has 6 heteroatoms. The number of para-hydroxylation sites is 2. The number of aryl methyl sites for hydroxylation is 1. The number of fused-ring (bicyclic) bond motifs is 2. The van der Waals surface area contributed by atoms with E-state index in [9.17, 15) is 0 Å². The lowest BCUT2D eigenvalue weighted by Gasteiger charge is -2.28. The second kappa shape index (κ2) is 5.04. The summed E-state index contributed by atoms with van der Waals surface area (Å²) in [5.74, 6) is 3.91. The molecule has 4 rings (SSSR count). The van der Waals surface area contributed by atoms with E-state index in [-0.39, 0.29) is 6.10 Å². The van der Waals surface area contributed by atoms with Crippen molar-refractivity contribution in [2.45, 2.75) is 25.5 Å². The van der Waals surface area contributed by atoms with Crippen molar-refractivity contribution >= 4 is 0 Å². The smallest absolute Gasteiger partial charge is 0.192 e. The Balaban J connectivity index is 1.63. The number of hydrogen-bond acceptors (Lipinski definition) is 5. The molecule has 0 fully saturated rings. The summed E-state index contributed by atoms with van der Waals surface area (Å²) >= 11 is 0. The molecule has 2 aromatic rings. The summed E-state index contributed by atoms with van der Waals surface area (Å²) in [5.41, 5.74) is 5.81. The third kappa shape index (κ3) is 2.15. The SMILES string of the molecule is NCC1CCc2nnc(C3COc4ccccc4O3)n2C1. The van der Waals surface area contributed by atoms with Crippen molar-refractivity contribution in [3.8, 4) is 11.5 Å². The second-order valence-corrected chi connectivity index (χ2v) is 5.59. The van der Waals surface area contributed by atoms with Gasteiger partial charge in [0.25, 0.3) is 0 Å². The summed E-state index contributed by atoms with van der Waals surface area (Å²) in [6.07, 6.45) is 1.80. The van der Waals surface area contributed by atoms with Crippen molar-refractivity contribution in [3.05, 3.63) is 35.9 Å². The number of ether oxygens (including phenoxy) is 2. The van der Waals surface area contributed by atoms with Crippen LogP contribution in [0.3, 0.4) is 0 Å². The van der Waals surface area contributed by atoms with Crippen LogP contribution in [-0.4, -0.2) is 27.9 Å². The second-order valence-electron chi connectivity index (χ2n) is 5.59. The Labute approximate surface area is 122 Å². The summed E-state index contributed by atoms with van der Waals surface area (Å²) in [5, 5.41) is 8.62. The lowest BCUT2D eigenvalue weighted by Crippen LogP contribution is -2.30. The molecule has 0 radical (unpaired) electrons. The molecule has 1 aromatic carbocycles. The van der Waals surface area contributed by atoms with Crippen LogP contribution < -0.4 is 15.2 Å². The minimum Gasteiger partial charge on any atom is -0.485 e. The highest BCUT2D eigenvalue weighted by Gasteiger charge is 2.30. The molecular weight excluding hydrogens is 268 g/mol. The average Bonchev–Trinajstić information content (AvgIpc) is 2.97. The minimum atomic E-state index is -0.210. The van der Waals surface area contributed by atoms with Crippen LogP contribution in [0, 0.1) is 5.92 Å². The highest BCUT2D eigenvalue weighted by Crippen LogP contribution is 2.36. The highest BCUT2D eigenvalue weighted by atomic mass is 16.6. The molecule has 2 N–H and O–H groups in total. The van der Waals surface area contributed by atoms with Crippen LogP contribution in [-0.2, 0) is 13.0 Å². The largest absolute Gasteiger partial charge is 0.485 e. The van der Waals surface area contributed by atoms with E-state index < -0.39 is 0 Å². The van der Waals surface area contributed by atoms with Gasteiger partial charge in [-0.25, -0.2) is 0 Å². The summed E-state index contributed by atoms with van der Waals surface area (Å²) in [4.78, 5) is 0. The summed E-state index contributed by atoms with van der Waals surface area (Å²) in [6, 6.07) is 7.70. The maximum absolute atomic E-state index is 6.03. The van der Waals surface area contributed by atoms with Crippen LogP contribution in [0.2, 0.25) is 0 Å². The lowest BCUT2D eigenvalue weighted by molar-refractivity contribution is 0.0808. The Kier molecular flexibility index (Phi) is 3.03. The number of aromatic nitrogens is 3. The van der Waals surface area contributed by atoms with Gasteiger partial charge < -0.3 is 19.8 Å². The minimum absolute atomic E-state index is 0.210. The van der Waals surface area contributed by atoms with E-state index in [2.05, 4.69) is 14.8 Å². The van der Waals surface area contributed by atoms with E-state index in [0.29, 0.717) is 19.1 Å². The zero-order chi connectivity index (χ0) is 14.2. The van der Waals surface area contributed by atoms with E-state index in [4.69, 9.17) is 15.2 Å². The molecule has 6 nitrogen and oxygen atoms in total. The highest BCUT2D eigenvalue weighted by molar-refractivity contribution is 5.41. The Morgan fingerprint density at radius 2 is 2.10 bits per heavy atom. The Morgan fingerprint density at radius 1 is 1.24 bits per heavy atom. The fraction of sp³-hybridized carbons (Fsp3) is 0.467. The monoisotopic (exact) mass is 286 g/mol. The molecule has 0 saturated carbocycles. The number of benzene rings is 1. The number of rotatable bonds is 2. The van der Waals surface area contributed by atoms with E-state index >= 15 is 0 Å². The van der Waals surface area contributed by atoms with Crippen LogP contribution >= 0.6 is 0 Å². The first-order valence-corrected chi connectivity index (χ1v) is 7.35. The van der Waals surface area contributed by atoms with Gasteiger partial charge in [0, 0.05) is 13.0 Å². The molecule has 0 bridgehead atoms. The standard InChI is InChI=1S/C15H18N4O2/c16-7-10-5-6-14-17-18-15(19(14)8-10)13-9-20-11-3-1-2-4-12(11)21-13/h1-4,10,13H,5-9,16H2. The van der Waals surface area contributed by atoms with Crippen molar-refractivity contribution in [2.75, 3.05) is 13.2 Å². The molecule has 21 heavy (non-hydrogen) atoms. The van der Waals surface area contributed by atoms with Crippen LogP contribution in [0.15, 0.2) is 24.3 Å². The predicted molar refractivity (Wildman–Crippen MR) is 76.2 cm³/mol. The fourth-order valence-corrected chi connectivity index (χ4v) is 2.99. The van der Waals surface area contributed by atoms with Gasteiger partial charge in [0.15, 0.2) is 23.4 Å². The fourth-order valence-electron chi connectivity index (χ4n) is 2.99. The van der Waals surface area contributed by atoms with Crippen molar-refractivity contribution in [2.24, 2.45) is 11.7 Å². The van der Waals surface area contributed by atoms with Gasteiger partial charge >= 0.3 is 0 Å². The molecule has 0 saturated heterocycles. The van der Waals surface area contributed by atoms with Gasteiger partial charge in [-0.3, -0.25) is 0 Å². The van der Waals surface area contributed by atoms with Gasteiger partial charge in [0.2, 0.25) is 0 Å². The van der Waals surface area contributed by atoms with Gasteiger partial charge in [-0.05, 0) is 31.0 Å². The normalized spacial score (nSPS) is 23.7. The van der Waals surface area contributed by atoms with Crippen LogP contribution in [0.1, 0.15) is 24.2 Å². The first kappa shape index (κ1) is 12.6. The number of nitrogens with zero attached hydrogens (tertiary/aromatic N) is 3. The molecule has 2 aliphatic heterocycles. The van der Waals surface area contributed by atoms with E-state index in [0.717, 1.165) is 42.5 Å². The van der Waals surface area contributed by atoms with Crippen molar-refractivity contribution in [1.29, 1.82) is 0 Å². The molecule has 1 aromatic heterocycles. The van der Waals surface area contributed by atoms with Crippen molar-refractivity contribution in [3.63, 3.8) is 0 Å². The van der Waals surface area contributed by atoms with Crippen molar-refractivity contribution < 1.29 is 9.47 Å². The molecule has 2 atom stereocenters. The predicted octanol–water partition coefficient (Wildman–Crippen LogP) is 1.31. The first-order valence-electron chi connectivity index (χ1n) is 7.35. The Morgan fingerprint density at radius 3 is 2.95 bits per heavy atom. The number of hydrogen-bond donors (Lipinski definition) is 1. The topological polar surface area (TPSA) is 75.2 Å². The Hall–Kier alpha value is -2.08. The molecule has 0 amide bonds. The van der Waals surface area contributed by atoms with Crippen LogP contribution in [0.5, 0.6) is 11.5 Å². The summed E-state index contributed by atoms with van der Waals surface area (Å²) in [6.45, 7) is 2.03. The van der Waals surface area contributed by atoms with Gasteiger partial charge in [-0.2, -0.15) is 0 Å². The van der Waals surface area contributed by atoms with Gasteiger partial charge in [-0.1, -0.05) is 12.1 Å². The molecule has 110 valence electrons.